The van der Waals surface area contributed by atoms with Crippen molar-refractivity contribution in [3.05, 3.63) is 144 Å². The van der Waals surface area contributed by atoms with Crippen molar-refractivity contribution in [2.24, 2.45) is 5.41 Å². The number of nitrogens with one attached hydrogen (secondary N) is 1. The molecule has 1 N–H and O–H groups in total. The molecule has 11 heteroatoms. The fraction of sp³-hybridized carbons (Fsp3) is 0.479. The molecule has 2 aliphatic rings. The van der Waals surface area contributed by atoms with Crippen LogP contribution in [0, 0.1) is 5.41 Å². The van der Waals surface area contributed by atoms with Crippen LogP contribution in [0.15, 0.2) is 121 Å². The molecule has 2 saturated heterocycles. The summed E-state index contributed by atoms with van der Waals surface area (Å²) in [4.78, 5) is 14.4. The fourth-order valence-electron chi connectivity index (χ4n) is 7.12. The normalized spacial score (nSPS) is 27.3. The van der Waals surface area contributed by atoms with Crippen LogP contribution in [0.1, 0.15) is 77.6 Å². The molecule has 2 fully saturated rings. The molecule has 0 aromatic heterocycles. The standard InChI is InChI=1S/C48H61NO9S/c1-45(2,3)48(8)57-44(50)47(7,58-48)43(49-59(51)46(4,5)6)42-41(55-32-37-27-19-12-20-28-37)40(54-31-36-25-17-11-18-26-36)39(53-30-35-23-15-10-16-24-35)38(56-42)33-52-29-34-21-13-9-14-22-34/h9-28,38-43,49H,29-33H2,1-8H3/t38-,39-,40+,41-,42-,43-,47-,48-,59+/m1/s1. The Labute approximate surface area is 352 Å². The van der Waals surface area contributed by atoms with E-state index in [-0.39, 0.29) is 26.4 Å². The van der Waals surface area contributed by atoms with E-state index in [0.29, 0.717) is 6.61 Å². The maximum Gasteiger partial charge on any atom is 0.342 e. The highest BCUT2D eigenvalue weighted by Crippen LogP contribution is 2.47. The first kappa shape index (κ1) is 44.8. The first-order chi connectivity index (χ1) is 28.1. The number of esters is 1. The number of hydrogen-bond acceptors (Lipinski definition) is 9. The van der Waals surface area contributed by atoms with Crippen molar-refractivity contribution in [3.8, 4) is 0 Å². The maximum absolute atomic E-state index is 14.4. The predicted octanol–water partition coefficient (Wildman–Crippen LogP) is 8.24. The first-order valence-electron chi connectivity index (χ1n) is 20.4. The topological polar surface area (TPSA) is 111 Å². The first-order valence-corrected chi connectivity index (χ1v) is 21.6. The number of ether oxygens (including phenoxy) is 7. The molecular formula is C48H61NO9S. The van der Waals surface area contributed by atoms with Gasteiger partial charge in [-0.1, -0.05) is 142 Å². The van der Waals surface area contributed by atoms with Gasteiger partial charge in [0.2, 0.25) is 5.79 Å². The lowest BCUT2D eigenvalue weighted by atomic mass is 9.83. The molecule has 2 heterocycles. The van der Waals surface area contributed by atoms with Gasteiger partial charge in [-0.05, 0) is 49.9 Å². The van der Waals surface area contributed by atoms with Crippen LogP contribution in [0.4, 0.5) is 0 Å². The Kier molecular flexibility index (Phi) is 14.6. The maximum atomic E-state index is 14.4. The van der Waals surface area contributed by atoms with E-state index in [1.165, 1.54) is 0 Å². The summed E-state index contributed by atoms with van der Waals surface area (Å²) in [5.74, 6) is -1.93. The van der Waals surface area contributed by atoms with E-state index in [1.807, 2.05) is 163 Å². The molecule has 4 aromatic carbocycles. The summed E-state index contributed by atoms with van der Waals surface area (Å²) in [6, 6.07) is 38.5. The van der Waals surface area contributed by atoms with Crippen LogP contribution >= 0.6 is 0 Å². The molecular weight excluding hydrogens is 767 g/mol. The Morgan fingerprint density at radius 3 is 1.49 bits per heavy atom. The van der Waals surface area contributed by atoms with E-state index < -0.39 is 75.1 Å². The number of cyclic esters (lactones) is 1. The van der Waals surface area contributed by atoms with E-state index in [0.717, 1.165) is 22.3 Å². The molecule has 10 nitrogen and oxygen atoms in total. The van der Waals surface area contributed by atoms with Crippen molar-refractivity contribution in [2.75, 3.05) is 6.61 Å². The zero-order chi connectivity index (χ0) is 42.3. The second-order valence-electron chi connectivity index (χ2n) is 17.7. The summed E-state index contributed by atoms with van der Waals surface area (Å²) < 4.78 is 64.3. The molecule has 4 aromatic rings. The van der Waals surface area contributed by atoms with Gasteiger partial charge in [-0.15, -0.1) is 0 Å². The van der Waals surface area contributed by atoms with E-state index in [1.54, 1.807) is 13.8 Å². The highest BCUT2D eigenvalue weighted by molar-refractivity contribution is 7.84. The second kappa shape index (κ2) is 19.3. The van der Waals surface area contributed by atoms with Gasteiger partial charge in [0.15, 0.2) is 5.60 Å². The molecule has 318 valence electrons. The molecule has 0 aliphatic carbocycles. The van der Waals surface area contributed by atoms with Crippen molar-refractivity contribution in [1.29, 1.82) is 0 Å². The van der Waals surface area contributed by atoms with Crippen molar-refractivity contribution < 1.29 is 42.2 Å². The van der Waals surface area contributed by atoms with Gasteiger partial charge >= 0.3 is 5.97 Å². The van der Waals surface area contributed by atoms with Crippen LogP contribution in [0.2, 0.25) is 0 Å². The second-order valence-corrected chi connectivity index (χ2v) is 19.7. The summed E-state index contributed by atoms with van der Waals surface area (Å²) in [5.41, 5.74) is 1.54. The zero-order valence-corrected chi connectivity index (χ0v) is 36.4. The lowest BCUT2D eigenvalue weighted by molar-refractivity contribution is -0.289. The average Bonchev–Trinajstić information content (AvgIpc) is 3.47. The van der Waals surface area contributed by atoms with Crippen LogP contribution in [0.5, 0.6) is 0 Å². The van der Waals surface area contributed by atoms with E-state index in [2.05, 4.69) is 4.72 Å². The highest BCUT2D eigenvalue weighted by atomic mass is 32.2. The molecule has 0 amide bonds. The minimum atomic E-state index is -1.71. The third-order valence-corrected chi connectivity index (χ3v) is 12.7. The number of benzene rings is 4. The quantitative estimate of drug-likeness (QED) is 0.105. The number of rotatable bonds is 17. The van der Waals surface area contributed by atoms with E-state index in [4.69, 9.17) is 33.2 Å². The number of carbonyl (C=O) groups is 1. The minimum absolute atomic E-state index is 0.109. The summed E-state index contributed by atoms with van der Waals surface area (Å²) in [7, 11) is -1.71. The molecule has 6 rings (SSSR count). The van der Waals surface area contributed by atoms with Gasteiger partial charge in [0.25, 0.3) is 0 Å². The van der Waals surface area contributed by atoms with Crippen LogP contribution < -0.4 is 4.72 Å². The summed E-state index contributed by atoms with van der Waals surface area (Å²) in [5, 5.41) is 0. The predicted molar refractivity (Wildman–Crippen MR) is 228 cm³/mol. The lowest BCUT2D eigenvalue weighted by Gasteiger charge is -2.50. The fourth-order valence-corrected chi connectivity index (χ4v) is 8.06. The molecule has 59 heavy (non-hydrogen) atoms. The van der Waals surface area contributed by atoms with Crippen molar-refractivity contribution in [2.45, 2.75) is 135 Å². The molecule has 0 radical (unpaired) electrons. The summed E-state index contributed by atoms with van der Waals surface area (Å²) >= 11 is 0. The van der Waals surface area contributed by atoms with Gasteiger partial charge in [-0.3, -0.25) is 0 Å². The third kappa shape index (κ3) is 11.1. The highest BCUT2D eigenvalue weighted by Gasteiger charge is 2.65. The van der Waals surface area contributed by atoms with Gasteiger partial charge in [-0.25, -0.2) is 13.7 Å². The zero-order valence-electron chi connectivity index (χ0n) is 35.6. The van der Waals surface area contributed by atoms with Gasteiger partial charge in [0, 0.05) is 12.3 Å². The third-order valence-electron chi connectivity index (χ3n) is 11.1. The molecule has 0 bridgehead atoms. The van der Waals surface area contributed by atoms with Gasteiger partial charge in [0.05, 0.1) is 54.8 Å². The molecule has 2 aliphatic heterocycles. The molecule has 9 atom stereocenters. The summed E-state index contributed by atoms with van der Waals surface area (Å²) in [6.07, 6.45) is -4.15. The largest absolute Gasteiger partial charge is 0.431 e. The van der Waals surface area contributed by atoms with Gasteiger partial charge in [-0.2, -0.15) is 0 Å². The Morgan fingerprint density at radius 1 is 0.644 bits per heavy atom. The van der Waals surface area contributed by atoms with E-state index in [9.17, 15) is 9.00 Å². The lowest BCUT2D eigenvalue weighted by Crippen LogP contribution is -2.71. The van der Waals surface area contributed by atoms with Crippen LogP contribution in [0.25, 0.3) is 0 Å². The van der Waals surface area contributed by atoms with Crippen molar-refractivity contribution in [3.63, 3.8) is 0 Å². The average molecular weight is 828 g/mol. The monoisotopic (exact) mass is 827 g/mol. The Bertz CT molecular complexity index is 1940. The van der Waals surface area contributed by atoms with Crippen LogP contribution in [-0.4, -0.2) is 69.5 Å². The smallest absolute Gasteiger partial charge is 0.342 e. The van der Waals surface area contributed by atoms with Crippen LogP contribution in [-0.2, 0) is 75.4 Å². The minimum Gasteiger partial charge on any atom is -0.431 e. The van der Waals surface area contributed by atoms with Gasteiger partial charge in [0.1, 0.15) is 30.5 Å². The van der Waals surface area contributed by atoms with Crippen molar-refractivity contribution in [1.82, 2.24) is 4.72 Å². The Balaban J connectivity index is 1.48. The molecule has 0 spiro atoms. The number of carbonyl (C=O) groups excluding carboxylic acids is 1. The van der Waals surface area contributed by atoms with Crippen molar-refractivity contribution >= 4 is 17.0 Å². The SMILES string of the molecule is CC(C)(C)[S@](=O)N[C@H]([C@@H]1O[C@H](COCc2ccccc2)[C@@H](OCc2ccccc2)[C@H](OCc2ccccc2)[C@H]1OCc1ccccc1)[C@@]1(C)O[C@](C)(C(C)(C)C)OC1=O. The summed E-state index contributed by atoms with van der Waals surface area (Å²) in [6.45, 7) is 16.0. The molecule has 0 unspecified atom stereocenters. The van der Waals surface area contributed by atoms with Crippen LogP contribution in [0.3, 0.4) is 0 Å². The Hall–Kier alpha value is -3.78. The number of hydrogen-bond donors (Lipinski definition) is 1. The Morgan fingerprint density at radius 2 is 1.07 bits per heavy atom. The molecule has 0 saturated carbocycles. The van der Waals surface area contributed by atoms with E-state index >= 15 is 0 Å². The van der Waals surface area contributed by atoms with Gasteiger partial charge < -0.3 is 33.2 Å².